The number of benzene rings is 1. The van der Waals surface area contributed by atoms with Gasteiger partial charge in [0, 0.05) is 12.4 Å². The van der Waals surface area contributed by atoms with Crippen molar-refractivity contribution in [1.82, 2.24) is 4.57 Å². The van der Waals surface area contributed by atoms with Gasteiger partial charge in [-0.05, 0) is 12.1 Å². The van der Waals surface area contributed by atoms with E-state index in [0.717, 1.165) is 10.9 Å². The predicted molar refractivity (Wildman–Crippen MR) is 46.2 cm³/mol. The fourth-order valence-corrected chi connectivity index (χ4v) is 1.38. The molecule has 0 radical (unpaired) electrons. The second kappa shape index (κ2) is 2.53. The first-order valence-electron chi connectivity index (χ1n) is 3.68. The number of rotatable bonds is 1. The summed E-state index contributed by atoms with van der Waals surface area (Å²) in [5, 5.41) is 9.45. The van der Waals surface area contributed by atoms with Crippen molar-refractivity contribution in [3.8, 4) is 5.75 Å². The highest BCUT2D eigenvalue weighted by molar-refractivity contribution is 5.86. The van der Waals surface area contributed by atoms with Gasteiger partial charge in [0.15, 0.2) is 5.75 Å². The van der Waals surface area contributed by atoms with Crippen molar-refractivity contribution in [1.29, 1.82) is 0 Å². The molecule has 0 saturated heterocycles. The second-order valence-corrected chi connectivity index (χ2v) is 2.71. The average Bonchev–Trinajstić information content (AvgIpc) is 2.44. The zero-order valence-electron chi connectivity index (χ0n) is 6.69. The summed E-state index contributed by atoms with van der Waals surface area (Å²) in [6, 6.07) is 7.73. The third-order valence-corrected chi connectivity index (χ3v) is 1.96. The molecule has 2 rings (SSSR count). The summed E-state index contributed by atoms with van der Waals surface area (Å²) in [5.41, 5.74) is 1.04. The maximum atomic E-state index is 8.54. The molecule has 1 aromatic heterocycles. The summed E-state index contributed by atoms with van der Waals surface area (Å²) in [6.07, 6.45) is 1.74. The lowest BCUT2D eigenvalue weighted by Crippen LogP contribution is -1.82. The Balaban J connectivity index is 2.82. The van der Waals surface area contributed by atoms with Gasteiger partial charge in [0.05, 0.1) is 11.7 Å². The Labute approximate surface area is 69.7 Å². The Morgan fingerprint density at radius 1 is 1.33 bits per heavy atom. The van der Waals surface area contributed by atoms with Crippen LogP contribution in [0.3, 0.4) is 0 Å². The van der Waals surface area contributed by atoms with Crippen molar-refractivity contribution in [3.05, 3.63) is 30.5 Å². The molecular weight excluding hydrogens is 154 g/mol. The molecule has 0 spiro atoms. The van der Waals surface area contributed by atoms with Gasteiger partial charge in [-0.1, -0.05) is 12.1 Å². The molecular formula is C9H9NO2. The van der Waals surface area contributed by atoms with Gasteiger partial charge >= 0.3 is 0 Å². The number of nitrogens with zero attached hydrogens (tertiary/aromatic N) is 1. The van der Waals surface area contributed by atoms with E-state index >= 15 is 0 Å². The Morgan fingerprint density at radius 3 is 2.83 bits per heavy atom. The Hall–Kier alpha value is -1.48. The maximum absolute atomic E-state index is 8.54. The minimum Gasteiger partial charge on any atom is -0.347 e. The molecule has 0 aliphatic heterocycles. The second-order valence-electron chi connectivity index (χ2n) is 2.71. The number of aromatic nitrogens is 1. The number of fused-ring (bicyclic) bond motifs is 1. The smallest absolute Gasteiger partial charge is 0.190 e. The molecule has 0 aliphatic carbocycles. The van der Waals surface area contributed by atoms with Crippen molar-refractivity contribution in [3.63, 3.8) is 0 Å². The summed E-state index contributed by atoms with van der Waals surface area (Å²) < 4.78 is 1.90. The quantitative estimate of drug-likeness (QED) is 0.515. The lowest BCUT2D eigenvalue weighted by Gasteiger charge is -1.92. The van der Waals surface area contributed by atoms with Crippen LogP contribution in [-0.4, -0.2) is 9.82 Å². The lowest BCUT2D eigenvalue weighted by molar-refractivity contribution is -0.136. The van der Waals surface area contributed by atoms with Crippen LogP contribution in [0.5, 0.6) is 5.75 Å². The van der Waals surface area contributed by atoms with Crippen LogP contribution in [0, 0.1) is 0 Å². The van der Waals surface area contributed by atoms with E-state index in [1.165, 1.54) is 0 Å². The van der Waals surface area contributed by atoms with Gasteiger partial charge in [0.25, 0.3) is 0 Å². The highest BCUT2D eigenvalue weighted by atomic mass is 17.1. The topological polar surface area (TPSA) is 34.4 Å². The minimum atomic E-state index is 0.494. The largest absolute Gasteiger partial charge is 0.347 e. The van der Waals surface area contributed by atoms with E-state index < -0.39 is 0 Å². The highest BCUT2D eigenvalue weighted by Crippen LogP contribution is 2.26. The first-order chi connectivity index (χ1) is 5.83. The summed E-state index contributed by atoms with van der Waals surface area (Å²) in [6.45, 7) is 0. The molecule has 0 unspecified atom stereocenters. The van der Waals surface area contributed by atoms with Crippen molar-refractivity contribution in [2.45, 2.75) is 0 Å². The lowest BCUT2D eigenvalue weighted by atomic mass is 10.2. The van der Waals surface area contributed by atoms with Crippen molar-refractivity contribution >= 4 is 10.9 Å². The minimum absolute atomic E-state index is 0.494. The number of hydrogen-bond acceptors (Lipinski definition) is 2. The van der Waals surface area contributed by atoms with Gasteiger partial charge in [-0.2, -0.15) is 0 Å². The van der Waals surface area contributed by atoms with E-state index in [9.17, 15) is 0 Å². The molecule has 3 heteroatoms. The fraction of sp³-hybridized carbons (Fsp3) is 0.111. The van der Waals surface area contributed by atoms with E-state index in [1.54, 1.807) is 6.20 Å². The molecule has 1 N–H and O–H groups in total. The molecule has 3 nitrogen and oxygen atoms in total. The molecule has 0 fully saturated rings. The van der Waals surface area contributed by atoms with Crippen LogP contribution in [-0.2, 0) is 7.05 Å². The van der Waals surface area contributed by atoms with Crippen LogP contribution in [0.25, 0.3) is 10.9 Å². The standard InChI is InChI=1S/C9H9NO2/c1-10-6-9(12-11)7-4-2-3-5-8(7)10/h2-6,11H,1H3. The van der Waals surface area contributed by atoms with Gasteiger partial charge in [-0.3, -0.25) is 0 Å². The van der Waals surface area contributed by atoms with E-state index in [-0.39, 0.29) is 0 Å². The summed E-state index contributed by atoms with van der Waals surface area (Å²) >= 11 is 0. The van der Waals surface area contributed by atoms with Crippen molar-refractivity contribution in [2.75, 3.05) is 0 Å². The maximum Gasteiger partial charge on any atom is 0.190 e. The van der Waals surface area contributed by atoms with Gasteiger partial charge in [0.2, 0.25) is 0 Å². The monoisotopic (exact) mass is 163 g/mol. The zero-order valence-corrected chi connectivity index (χ0v) is 6.69. The first kappa shape index (κ1) is 7.18. The van der Waals surface area contributed by atoms with Crippen LogP contribution in [0.1, 0.15) is 0 Å². The fourth-order valence-electron chi connectivity index (χ4n) is 1.38. The van der Waals surface area contributed by atoms with E-state index in [2.05, 4.69) is 4.89 Å². The molecule has 62 valence electrons. The van der Waals surface area contributed by atoms with Crippen LogP contribution in [0.15, 0.2) is 30.5 Å². The molecule has 0 bridgehead atoms. The molecule has 1 aromatic carbocycles. The highest BCUT2D eigenvalue weighted by Gasteiger charge is 2.05. The van der Waals surface area contributed by atoms with E-state index in [4.69, 9.17) is 5.26 Å². The molecule has 0 amide bonds. The van der Waals surface area contributed by atoms with Crippen LogP contribution in [0.2, 0.25) is 0 Å². The molecule has 1 heterocycles. The number of aryl methyl sites for hydroxylation is 1. The van der Waals surface area contributed by atoms with Crippen LogP contribution in [0.4, 0.5) is 0 Å². The third-order valence-electron chi connectivity index (χ3n) is 1.96. The molecule has 2 aromatic rings. The predicted octanol–water partition coefficient (Wildman–Crippen LogP) is 2.03. The summed E-state index contributed by atoms with van der Waals surface area (Å²) in [5.74, 6) is 0.494. The van der Waals surface area contributed by atoms with Crippen molar-refractivity contribution in [2.24, 2.45) is 7.05 Å². The molecule has 0 atom stereocenters. The average molecular weight is 163 g/mol. The van der Waals surface area contributed by atoms with Gasteiger partial charge < -0.3 is 9.45 Å². The first-order valence-corrected chi connectivity index (χ1v) is 3.68. The SMILES string of the molecule is Cn1cc(OO)c2ccccc21. The Bertz CT molecular complexity index is 406. The molecule has 12 heavy (non-hydrogen) atoms. The third kappa shape index (κ3) is 0.871. The van der Waals surface area contributed by atoms with E-state index in [1.807, 2.05) is 35.9 Å². The Morgan fingerprint density at radius 2 is 2.08 bits per heavy atom. The number of hydrogen-bond donors (Lipinski definition) is 1. The van der Waals surface area contributed by atoms with Crippen LogP contribution < -0.4 is 4.89 Å². The van der Waals surface area contributed by atoms with Gasteiger partial charge in [-0.15, -0.1) is 0 Å². The molecule has 0 aliphatic rings. The van der Waals surface area contributed by atoms with Gasteiger partial charge in [0.1, 0.15) is 0 Å². The number of para-hydroxylation sites is 1. The van der Waals surface area contributed by atoms with E-state index in [0.29, 0.717) is 5.75 Å². The van der Waals surface area contributed by atoms with Gasteiger partial charge in [-0.25, -0.2) is 5.26 Å². The summed E-state index contributed by atoms with van der Waals surface area (Å²) in [4.78, 5) is 4.23. The normalized spacial score (nSPS) is 10.5. The van der Waals surface area contributed by atoms with Crippen molar-refractivity contribution < 1.29 is 10.1 Å². The zero-order chi connectivity index (χ0) is 8.55. The Kier molecular flexibility index (Phi) is 1.52. The van der Waals surface area contributed by atoms with Crippen LogP contribution >= 0.6 is 0 Å². The summed E-state index contributed by atoms with van der Waals surface area (Å²) in [7, 11) is 1.91. The molecule has 0 saturated carbocycles.